The van der Waals surface area contributed by atoms with Crippen LogP contribution in [0.3, 0.4) is 0 Å². The van der Waals surface area contributed by atoms with Crippen LogP contribution in [0.25, 0.3) is 16.0 Å². The van der Waals surface area contributed by atoms with Crippen molar-refractivity contribution < 1.29 is 4.79 Å². The van der Waals surface area contributed by atoms with Crippen LogP contribution in [-0.4, -0.2) is 25.4 Å². The minimum atomic E-state index is -0.0621. The van der Waals surface area contributed by atoms with Crippen LogP contribution >= 0.6 is 39.2 Å². The van der Waals surface area contributed by atoms with Crippen LogP contribution in [0.4, 0.5) is 5.69 Å². The molecule has 1 N–H and O–H groups in total. The number of hydrogen-bond donors (Lipinski definition) is 1. The average molecular weight is 419 g/mol. The monoisotopic (exact) mass is 418 g/mol. The Hall–Kier alpha value is -1.90. The molecule has 5 nitrogen and oxygen atoms in total. The van der Waals surface area contributed by atoms with Gasteiger partial charge in [-0.2, -0.15) is 4.37 Å². The first kappa shape index (κ1) is 15.6. The van der Waals surface area contributed by atoms with Crippen LogP contribution in [0.15, 0.2) is 58.2 Å². The maximum atomic E-state index is 12.1. The Morgan fingerprint density at radius 1 is 1.21 bits per heavy atom. The van der Waals surface area contributed by atoms with E-state index in [1.54, 1.807) is 0 Å². The van der Waals surface area contributed by atoms with Crippen LogP contribution in [0.2, 0.25) is 0 Å². The van der Waals surface area contributed by atoms with Gasteiger partial charge >= 0.3 is 0 Å². The molecule has 0 radical (unpaired) electrons. The average Bonchev–Trinajstić information content (AvgIpc) is 3.14. The Balaban J connectivity index is 1.50. The maximum absolute atomic E-state index is 12.1. The molecular weight excluding hydrogens is 408 g/mol. The molecule has 4 aromatic rings. The molecule has 0 saturated heterocycles. The molecule has 1 amide bonds. The van der Waals surface area contributed by atoms with E-state index in [9.17, 15) is 4.79 Å². The van der Waals surface area contributed by atoms with Gasteiger partial charge in [0.2, 0.25) is 10.9 Å². The molecule has 2 heterocycles. The van der Waals surface area contributed by atoms with Crippen LogP contribution in [0, 0.1) is 0 Å². The first-order chi connectivity index (χ1) is 11.7. The van der Waals surface area contributed by atoms with Gasteiger partial charge in [0, 0.05) is 21.7 Å². The van der Waals surface area contributed by atoms with E-state index < -0.39 is 0 Å². The summed E-state index contributed by atoms with van der Waals surface area (Å²) in [4.78, 5) is 17.5. The number of rotatable bonds is 4. The lowest BCUT2D eigenvalue weighted by molar-refractivity contribution is -0.113. The van der Waals surface area contributed by atoms with E-state index in [0.717, 1.165) is 31.3 Å². The van der Waals surface area contributed by atoms with E-state index in [1.807, 2.05) is 52.9 Å². The highest BCUT2D eigenvalue weighted by Crippen LogP contribution is 2.27. The molecule has 0 saturated carbocycles. The number of carbonyl (C=O) groups is 1. The lowest BCUT2D eigenvalue weighted by Gasteiger charge is -2.04. The van der Waals surface area contributed by atoms with Gasteiger partial charge in [-0.25, -0.2) is 4.98 Å². The van der Waals surface area contributed by atoms with Crippen molar-refractivity contribution in [1.29, 1.82) is 0 Å². The number of aromatic nitrogens is 3. The zero-order chi connectivity index (χ0) is 16.5. The Morgan fingerprint density at radius 3 is 2.83 bits per heavy atom. The van der Waals surface area contributed by atoms with Gasteiger partial charge in [0.25, 0.3) is 0 Å². The second-order valence-electron chi connectivity index (χ2n) is 5.03. The van der Waals surface area contributed by atoms with E-state index in [1.165, 1.54) is 23.3 Å². The van der Waals surface area contributed by atoms with Gasteiger partial charge in [-0.3, -0.25) is 9.20 Å². The molecule has 0 aliphatic rings. The Morgan fingerprint density at radius 2 is 2.00 bits per heavy atom. The molecule has 8 heteroatoms. The quantitative estimate of drug-likeness (QED) is 0.497. The molecule has 0 spiro atoms. The number of nitrogens with one attached hydrogen (secondary N) is 1. The minimum absolute atomic E-state index is 0.0621. The standard InChI is InChI=1S/C16H11BrN4OS2/c17-10-5-7-11(8-6-10)18-14(22)9-23-16-20-24-15-19-12-3-1-2-4-13(12)21(15)16/h1-8H,9H2,(H,18,22). The summed E-state index contributed by atoms with van der Waals surface area (Å²) in [7, 11) is 0. The first-order valence-corrected chi connectivity index (χ1v) is 9.67. The summed E-state index contributed by atoms with van der Waals surface area (Å²) in [6.07, 6.45) is 0. The lowest BCUT2D eigenvalue weighted by Crippen LogP contribution is -2.14. The number of halogens is 1. The molecule has 0 aliphatic carbocycles. The number of benzene rings is 2. The lowest BCUT2D eigenvalue weighted by atomic mass is 10.3. The fraction of sp³-hybridized carbons (Fsp3) is 0.0625. The van der Waals surface area contributed by atoms with Crippen molar-refractivity contribution in [3.8, 4) is 0 Å². The second kappa shape index (κ2) is 6.54. The molecule has 0 atom stereocenters. The SMILES string of the molecule is O=C(CSc1nsc2nc3ccccc3n12)Nc1ccc(Br)cc1. The first-order valence-electron chi connectivity index (χ1n) is 7.12. The topological polar surface area (TPSA) is 59.3 Å². The number of anilines is 1. The highest BCUT2D eigenvalue weighted by Gasteiger charge is 2.13. The Kier molecular flexibility index (Phi) is 4.26. The zero-order valence-electron chi connectivity index (χ0n) is 12.3. The summed E-state index contributed by atoms with van der Waals surface area (Å²) < 4.78 is 7.39. The molecule has 0 unspecified atom stereocenters. The van der Waals surface area contributed by atoms with Crippen molar-refractivity contribution in [3.05, 3.63) is 53.0 Å². The summed E-state index contributed by atoms with van der Waals surface area (Å²) in [5.41, 5.74) is 2.73. The number of carbonyl (C=O) groups excluding carboxylic acids is 1. The molecule has 0 aliphatic heterocycles. The fourth-order valence-corrected chi connectivity index (χ4v) is 4.26. The van der Waals surface area contributed by atoms with E-state index in [0.29, 0.717) is 5.75 Å². The van der Waals surface area contributed by atoms with Crippen molar-refractivity contribution in [2.75, 3.05) is 11.1 Å². The van der Waals surface area contributed by atoms with Crippen LogP contribution in [0.1, 0.15) is 0 Å². The van der Waals surface area contributed by atoms with Crippen molar-refractivity contribution in [2.24, 2.45) is 0 Å². The molecule has 0 fully saturated rings. The van der Waals surface area contributed by atoms with Gasteiger partial charge < -0.3 is 5.32 Å². The van der Waals surface area contributed by atoms with Crippen molar-refractivity contribution in [1.82, 2.24) is 13.8 Å². The Labute approximate surface area is 154 Å². The van der Waals surface area contributed by atoms with Gasteiger partial charge in [-0.05, 0) is 36.4 Å². The van der Waals surface area contributed by atoms with Gasteiger partial charge in [-0.15, -0.1) is 0 Å². The fourth-order valence-electron chi connectivity index (χ4n) is 2.32. The molecule has 2 aromatic heterocycles. The summed E-state index contributed by atoms with van der Waals surface area (Å²) in [6.45, 7) is 0. The van der Waals surface area contributed by atoms with E-state index in [-0.39, 0.29) is 5.91 Å². The number of hydrogen-bond acceptors (Lipinski definition) is 5. The largest absolute Gasteiger partial charge is 0.325 e. The smallest absolute Gasteiger partial charge is 0.234 e. The molecular formula is C16H11BrN4OS2. The molecule has 24 heavy (non-hydrogen) atoms. The van der Waals surface area contributed by atoms with Crippen LogP contribution in [0.5, 0.6) is 0 Å². The zero-order valence-corrected chi connectivity index (χ0v) is 15.5. The molecule has 0 bridgehead atoms. The van der Waals surface area contributed by atoms with Crippen LogP contribution in [-0.2, 0) is 4.79 Å². The van der Waals surface area contributed by atoms with Gasteiger partial charge in [0.05, 0.1) is 16.8 Å². The third-order valence-corrected chi connectivity index (χ3v) is 5.67. The second-order valence-corrected chi connectivity index (χ2v) is 7.62. The number of nitrogens with zero attached hydrogens (tertiary/aromatic N) is 3. The van der Waals surface area contributed by atoms with Crippen LogP contribution < -0.4 is 5.32 Å². The molecule has 120 valence electrons. The summed E-state index contributed by atoms with van der Waals surface area (Å²) >= 11 is 6.12. The third kappa shape index (κ3) is 3.04. The number of amides is 1. The number of para-hydroxylation sites is 2. The summed E-state index contributed by atoms with van der Waals surface area (Å²) in [5, 5.41) is 3.67. The predicted molar refractivity (Wildman–Crippen MR) is 102 cm³/mol. The van der Waals surface area contributed by atoms with Crippen molar-refractivity contribution in [3.63, 3.8) is 0 Å². The summed E-state index contributed by atoms with van der Waals surface area (Å²) in [5.74, 6) is 0.231. The molecule has 4 rings (SSSR count). The van der Waals surface area contributed by atoms with Gasteiger partial charge in [0.1, 0.15) is 0 Å². The highest BCUT2D eigenvalue weighted by molar-refractivity contribution is 9.10. The highest BCUT2D eigenvalue weighted by atomic mass is 79.9. The Bertz CT molecular complexity index is 1030. The number of fused-ring (bicyclic) bond motifs is 3. The number of imidazole rings is 1. The van der Waals surface area contributed by atoms with Crippen molar-refractivity contribution >= 4 is 66.8 Å². The van der Waals surface area contributed by atoms with E-state index in [4.69, 9.17) is 0 Å². The van der Waals surface area contributed by atoms with E-state index >= 15 is 0 Å². The minimum Gasteiger partial charge on any atom is -0.325 e. The maximum Gasteiger partial charge on any atom is 0.234 e. The van der Waals surface area contributed by atoms with Gasteiger partial charge in [0.15, 0.2) is 5.16 Å². The van der Waals surface area contributed by atoms with Gasteiger partial charge in [-0.1, -0.05) is 39.8 Å². The predicted octanol–water partition coefficient (Wildman–Crippen LogP) is 4.44. The normalized spacial score (nSPS) is 11.2. The summed E-state index contributed by atoms with van der Waals surface area (Å²) in [6, 6.07) is 15.4. The third-order valence-electron chi connectivity index (χ3n) is 3.39. The van der Waals surface area contributed by atoms with Crippen molar-refractivity contribution in [2.45, 2.75) is 5.16 Å². The number of thioether (sulfide) groups is 1. The van der Waals surface area contributed by atoms with E-state index in [2.05, 4.69) is 30.6 Å². The molecule has 2 aromatic carbocycles.